The topological polar surface area (TPSA) is 59.3 Å². The Labute approximate surface area is 220 Å². The quantitative estimate of drug-likeness (QED) is 0.250. The SMILES string of the molecule is CC(C)[Si](OC1=CC2=C3[C@H](CC[C@]3(C#N)CC1)C[C@H]2OC(=O)c1ccc(Br)cc1)(C(C)C)C(C)C. The average Bonchev–Trinajstić information content (AvgIpc) is 3.26. The van der Waals surface area contributed by atoms with Crippen molar-refractivity contribution in [3.8, 4) is 6.07 Å². The molecule has 0 heterocycles. The highest BCUT2D eigenvalue weighted by atomic mass is 79.9. The molecule has 0 spiro atoms. The van der Waals surface area contributed by atoms with Gasteiger partial charge >= 0.3 is 5.97 Å². The molecule has 3 aliphatic carbocycles. The number of ether oxygens (including phenoxy) is 1. The molecule has 1 saturated carbocycles. The van der Waals surface area contributed by atoms with Gasteiger partial charge in [-0.15, -0.1) is 0 Å². The second-order valence-corrected chi connectivity index (χ2v) is 17.8. The third kappa shape index (κ3) is 4.55. The zero-order valence-corrected chi connectivity index (χ0v) is 24.4. The molecule has 0 amide bonds. The van der Waals surface area contributed by atoms with Gasteiger partial charge < -0.3 is 9.16 Å². The second-order valence-electron chi connectivity index (χ2n) is 11.5. The van der Waals surface area contributed by atoms with E-state index < -0.39 is 13.7 Å². The number of rotatable bonds is 7. The van der Waals surface area contributed by atoms with E-state index in [1.54, 1.807) is 12.1 Å². The molecule has 3 atom stereocenters. The van der Waals surface area contributed by atoms with Crippen molar-refractivity contribution in [2.24, 2.45) is 11.3 Å². The van der Waals surface area contributed by atoms with Crippen LogP contribution in [0, 0.1) is 22.7 Å². The van der Waals surface area contributed by atoms with Crippen LogP contribution in [0.5, 0.6) is 0 Å². The number of esters is 1. The normalized spacial score (nSPS) is 26.0. The van der Waals surface area contributed by atoms with Crippen LogP contribution in [0.4, 0.5) is 0 Å². The van der Waals surface area contributed by atoms with Crippen molar-refractivity contribution in [2.75, 3.05) is 0 Å². The van der Waals surface area contributed by atoms with Crippen molar-refractivity contribution in [3.05, 3.63) is 57.3 Å². The molecule has 0 unspecified atom stereocenters. The predicted molar refractivity (Wildman–Crippen MR) is 145 cm³/mol. The van der Waals surface area contributed by atoms with E-state index in [4.69, 9.17) is 9.16 Å². The van der Waals surface area contributed by atoms with E-state index in [1.807, 2.05) is 12.1 Å². The van der Waals surface area contributed by atoms with Gasteiger partial charge in [0.1, 0.15) is 6.10 Å². The van der Waals surface area contributed by atoms with Gasteiger partial charge in [0.2, 0.25) is 0 Å². The summed E-state index contributed by atoms with van der Waals surface area (Å²) in [5.74, 6) is 0.989. The van der Waals surface area contributed by atoms with Crippen molar-refractivity contribution >= 4 is 30.2 Å². The number of benzene rings is 1. The summed E-state index contributed by atoms with van der Waals surface area (Å²) in [7, 11) is -2.13. The largest absolute Gasteiger partial charge is 0.546 e. The molecule has 4 nitrogen and oxygen atoms in total. The van der Waals surface area contributed by atoms with Gasteiger partial charge in [-0.25, -0.2) is 4.79 Å². The van der Waals surface area contributed by atoms with Crippen LogP contribution in [0.15, 0.2) is 51.7 Å². The van der Waals surface area contributed by atoms with Crippen molar-refractivity contribution in [1.29, 1.82) is 5.26 Å². The maximum atomic E-state index is 13.0. The average molecular weight is 557 g/mol. The summed E-state index contributed by atoms with van der Waals surface area (Å²) >= 11 is 3.42. The predicted octanol–water partition coefficient (Wildman–Crippen LogP) is 8.46. The molecule has 1 aromatic carbocycles. The van der Waals surface area contributed by atoms with Gasteiger partial charge in [-0.3, -0.25) is 0 Å². The molecule has 0 saturated heterocycles. The molecule has 4 rings (SSSR count). The summed E-state index contributed by atoms with van der Waals surface area (Å²) in [4.78, 5) is 13.0. The Bertz CT molecular complexity index is 1060. The van der Waals surface area contributed by atoms with E-state index >= 15 is 0 Å². The molecule has 0 bridgehead atoms. The number of nitriles is 1. The number of hydrogen-bond donors (Lipinski definition) is 0. The fraction of sp³-hybridized carbons (Fsp3) is 0.586. The first-order chi connectivity index (χ1) is 16.5. The number of nitrogens with zero attached hydrogens (tertiary/aromatic N) is 1. The van der Waals surface area contributed by atoms with Gasteiger partial charge in [-0.2, -0.15) is 5.26 Å². The van der Waals surface area contributed by atoms with Gasteiger partial charge in [0.25, 0.3) is 8.32 Å². The molecule has 0 aromatic heterocycles. The molecule has 1 fully saturated rings. The highest BCUT2D eigenvalue weighted by molar-refractivity contribution is 9.10. The third-order valence-electron chi connectivity index (χ3n) is 8.67. The van der Waals surface area contributed by atoms with Crippen LogP contribution in [0.25, 0.3) is 0 Å². The Kier molecular flexibility index (Phi) is 7.42. The van der Waals surface area contributed by atoms with E-state index in [0.29, 0.717) is 28.1 Å². The monoisotopic (exact) mass is 555 g/mol. The third-order valence-corrected chi connectivity index (χ3v) is 15.2. The lowest BCUT2D eigenvalue weighted by Gasteiger charge is -2.43. The van der Waals surface area contributed by atoms with E-state index in [9.17, 15) is 10.1 Å². The molecule has 188 valence electrons. The standard InChI is InChI=1S/C29H38BrNO3Si/c1-18(2)35(19(3)4,20(5)6)34-24-12-14-29(17-31)13-11-22-15-26(25(16-24)27(22)29)33-28(32)21-7-9-23(30)10-8-21/h7-10,16,18-20,22,26H,11-15H2,1-6H3/t22-,26-,29-/m1/s1. The first kappa shape index (κ1) is 26.2. The van der Waals surface area contributed by atoms with E-state index in [2.05, 4.69) is 69.6 Å². The number of carbonyl (C=O) groups is 1. The molecular formula is C29H38BrNO3Si. The first-order valence-electron chi connectivity index (χ1n) is 13.1. The van der Waals surface area contributed by atoms with Gasteiger partial charge in [0.05, 0.1) is 22.8 Å². The highest BCUT2D eigenvalue weighted by Gasteiger charge is 2.53. The lowest BCUT2D eigenvalue weighted by Crippen LogP contribution is -2.47. The first-order valence-corrected chi connectivity index (χ1v) is 16.0. The minimum Gasteiger partial charge on any atom is -0.546 e. The maximum Gasteiger partial charge on any atom is 0.338 e. The second kappa shape index (κ2) is 9.90. The molecule has 1 aromatic rings. The zero-order valence-electron chi connectivity index (χ0n) is 21.9. The molecule has 0 radical (unpaired) electrons. The minimum atomic E-state index is -2.13. The van der Waals surface area contributed by atoms with Crippen LogP contribution in [0.3, 0.4) is 0 Å². The molecular weight excluding hydrogens is 518 g/mol. The molecule has 35 heavy (non-hydrogen) atoms. The van der Waals surface area contributed by atoms with Crippen molar-refractivity contribution in [3.63, 3.8) is 0 Å². The number of hydrogen-bond acceptors (Lipinski definition) is 4. The molecule has 0 aliphatic heterocycles. The Morgan fingerprint density at radius 3 is 2.29 bits per heavy atom. The van der Waals surface area contributed by atoms with Gasteiger partial charge in [0, 0.05) is 10.9 Å². The molecule has 6 heteroatoms. The van der Waals surface area contributed by atoms with Crippen LogP contribution in [-0.4, -0.2) is 20.4 Å². The summed E-state index contributed by atoms with van der Waals surface area (Å²) in [6, 6.07) is 9.98. The van der Waals surface area contributed by atoms with E-state index in [1.165, 1.54) is 5.57 Å². The lowest BCUT2D eigenvalue weighted by molar-refractivity contribution is 0.0365. The summed E-state index contributed by atoms with van der Waals surface area (Å²) in [5.41, 5.74) is 3.74. The highest BCUT2D eigenvalue weighted by Crippen LogP contribution is 2.59. The summed E-state index contributed by atoms with van der Waals surface area (Å²) < 4.78 is 14.2. The smallest absolute Gasteiger partial charge is 0.338 e. The number of halogens is 1. The van der Waals surface area contributed by atoms with Crippen molar-refractivity contribution < 1.29 is 14.0 Å². The van der Waals surface area contributed by atoms with Crippen LogP contribution >= 0.6 is 15.9 Å². The Hall–Kier alpha value is -1.84. The van der Waals surface area contributed by atoms with Crippen LogP contribution in [0.1, 0.15) is 84.0 Å². The van der Waals surface area contributed by atoms with Crippen LogP contribution in [0.2, 0.25) is 16.6 Å². The van der Waals surface area contributed by atoms with E-state index in [-0.39, 0.29) is 12.1 Å². The zero-order chi connectivity index (χ0) is 25.5. The Balaban J connectivity index is 1.71. The number of carbonyl (C=O) groups excluding carboxylic acids is 1. The summed E-state index contributed by atoms with van der Waals surface area (Å²) in [6.07, 6.45) is 6.05. The van der Waals surface area contributed by atoms with Crippen LogP contribution < -0.4 is 0 Å². The summed E-state index contributed by atoms with van der Waals surface area (Å²) in [6.45, 7) is 13.8. The Morgan fingerprint density at radius 1 is 1.09 bits per heavy atom. The summed E-state index contributed by atoms with van der Waals surface area (Å²) in [5, 5.41) is 10.3. The lowest BCUT2D eigenvalue weighted by atomic mass is 9.78. The molecule has 3 aliphatic rings. The van der Waals surface area contributed by atoms with Gasteiger partial charge in [0.15, 0.2) is 0 Å². The van der Waals surface area contributed by atoms with Gasteiger partial charge in [-0.1, -0.05) is 57.5 Å². The number of allylic oxidation sites excluding steroid dienone is 2. The molecule has 0 N–H and O–H groups in total. The fourth-order valence-corrected chi connectivity index (χ4v) is 12.7. The van der Waals surface area contributed by atoms with Crippen LogP contribution in [-0.2, 0) is 9.16 Å². The Morgan fingerprint density at radius 2 is 1.71 bits per heavy atom. The van der Waals surface area contributed by atoms with Gasteiger partial charge in [-0.05, 0) is 89.7 Å². The van der Waals surface area contributed by atoms with E-state index in [0.717, 1.165) is 47.9 Å². The minimum absolute atomic E-state index is 0.310. The van der Waals surface area contributed by atoms with Crippen molar-refractivity contribution in [1.82, 2.24) is 0 Å². The van der Waals surface area contributed by atoms with Crippen molar-refractivity contribution in [2.45, 2.75) is 96.4 Å². The maximum absolute atomic E-state index is 13.0. The fourth-order valence-electron chi connectivity index (χ4n) is 7.14.